The first kappa shape index (κ1) is 17.6. The molecule has 0 spiro atoms. The first-order valence-electron chi connectivity index (χ1n) is 4.88. The van der Waals surface area contributed by atoms with Gasteiger partial charge in [-0.15, -0.1) is 12.4 Å². The van der Waals surface area contributed by atoms with E-state index in [1.807, 2.05) is 13.8 Å². The highest BCUT2D eigenvalue weighted by molar-refractivity contribution is 7.89. The Kier molecular flexibility index (Phi) is 7.82. The molecule has 0 aliphatic heterocycles. The van der Waals surface area contributed by atoms with E-state index >= 15 is 0 Å². The van der Waals surface area contributed by atoms with E-state index in [1.165, 1.54) is 0 Å². The zero-order valence-corrected chi connectivity index (χ0v) is 11.5. The summed E-state index contributed by atoms with van der Waals surface area (Å²) in [6, 6.07) is 0. The average Bonchev–Trinajstić information content (AvgIpc) is 1.97. The molecule has 0 aromatic carbocycles. The maximum atomic E-state index is 11.4. The lowest BCUT2D eigenvalue weighted by atomic mass is 10.1. The van der Waals surface area contributed by atoms with E-state index in [9.17, 15) is 8.42 Å². The van der Waals surface area contributed by atoms with Gasteiger partial charge < -0.3 is 5.73 Å². The molecule has 0 bridgehead atoms. The Labute approximate surface area is 99.5 Å². The fourth-order valence-corrected chi connectivity index (χ4v) is 2.28. The van der Waals surface area contributed by atoms with Gasteiger partial charge >= 0.3 is 0 Å². The molecule has 0 aromatic heterocycles. The van der Waals surface area contributed by atoms with Gasteiger partial charge in [-0.3, -0.25) is 0 Å². The molecule has 0 aliphatic carbocycles. The van der Waals surface area contributed by atoms with E-state index in [0.717, 1.165) is 0 Å². The van der Waals surface area contributed by atoms with E-state index in [1.54, 1.807) is 13.8 Å². The zero-order valence-electron chi connectivity index (χ0n) is 9.91. The van der Waals surface area contributed by atoms with E-state index < -0.39 is 15.6 Å². The summed E-state index contributed by atoms with van der Waals surface area (Å²) in [6.45, 7) is 7.87. The Balaban J connectivity index is 0. The summed E-state index contributed by atoms with van der Waals surface area (Å²) in [5.41, 5.74) is 5.18. The van der Waals surface area contributed by atoms with Crippen molar-refractivity contribution >= 4 is 22.4 Å². The van der Waals surface area contributed by atoms with Crippen LogP contribution in [0.4, 0.5) is 0 Å². The molecule has 94 valence electrons. The average molecular weight is 259 g/mol. The number of sulfonamides is 1. The Morgan fingerprint density at radius 2 is 1.80 bits per heavy atom. The van der Waals surface area contributed by atoms with Crippen LogP contribution in [0.15, 0.2) is 0 Å². The van der Waals surface area contributed by atoms with Gasteiger partial charge in [0.2, 0.25) is 10.0 Å². The van der Waals surface area contributed by atoms with Gasteiger partial charge in [-0.05, 0) is 26.2 Å². The molecule has 4 nitrogen and oxygen atoms in total. The molecule has 0 rings (SSSR count). The fraction of sp³-hybridized carbons (Fsp3) is 1.00. The molecule has 15 heavy (non-hydrogen) atoms. The minimum absolute atomic E-state index is 0. The molecule has 0 fully saturated rings. The number of halogens is 1. The second kappa shape index (κ2) is 6.68. The summed E-state index contributed by atoms with van der Waals surface area (Å²) < 4.78 is 25.3. The Morgan fingerprint density at radius 3 is 2.13 bits per heavy atom. The predicted octanol–water partition coefficient (Wildman–Crippen LogP) is 1.11. The van der Waals surface area contributed by atoms with Crippen LogP contribution in [0.5, 0.6) is 0 Å². The van der Waals surface area contributed by atoms with Crippen molar-refractivity contribution in [3.8, 4) is 0 Å². The van der Waals surface area contributed by atoms with Crippen LogP contribution in [0.25, 0.3) is 0 Å². The lowest BCUT2D eigenvalue weighted by Gasteiger charge is -2.19. The first-order valence-corrected chi connectivity index (χ1v) is 6.54. The maximum absolute atomic E-state index is 11.4. The van der Waals surface area contributed by atoms with Crippen LogP contribution in [-0.2, 0) is 10.0 Å². The molecule has 3 N–H and O–H groups in total. The number of nitrogens with one attached hydrogen (secondary N) is 1. The van der Waals surface area contributed by atoms with Crippen molar-refractivity contribution in [3.05, 3.63) is 0 Å². The van der Waals surface area contributed by atoms with Crippen molar-refractivity contribution in [3.63, 3.8) is 0 Å². The van der Waals surface area contributed by atoms with Crippen LogP contribution in [-0.4, -0.2) is 26.3 Å². The Bertz CT molecular complexity index is 258. The normalized spacial score (nSPS) is 12.7. The maximum Gasteiger partial charge on any atom is 0.211 e. The molecule has 0 atom stereocenters. The van der Waals surface area contributed by atoms with Gasteiger partial charge in [0, 0.05) is 12.1 Å². The highest BCUT2D eigenvalue weighted by Gasteiger charge is 2.16. The number of nitrogens with two attached hydrogens (primary N) is 1. The number of hydrogen-bond donors (Lipinski definition) is 2. The van der Waals surface area contributed by atoms with Crippen LogP contribution in [0.3, 0.4) is 0 Å². The standard InChI is InChI=1S/C9H22N2O2S.ClH/c1-8(2)5-6-14(12,13)11-7-9(3,4)10;/h8,11H,5-7,10H2,1-4H3;1H. The van der Waals surface area contributed by atoms with E-state index in [0.29, 0.717) is 12.3 Å². The summed E-state index contributed by atoms with van der Waals surface area (Å²) in [6.07, 6.45) is 0.681. The van der Waals surface area contributed by atoms with Crippen molar-refractivity contribution in [1.82, 2.24) is 4.72 Å². The summed E-state index contributed by atoms with van der Waals surface area (Å²) in [5, 5.41) is 0. The van der Waals surface area contributed by atoms with Crippen molar-refractivity contribution in [2.75, 3.05) is 12.3 Å². The third kappa shape index (κ3) is 12.1. The van der Waals surface area contributed by atoms with Gasteiger partial charge in [0.1, 0.15) is 0 Å². The lowest BCUT2D eigenvalue weighted by Crippen LogP contribution is -2.45. The van der Waals surface area contributed by atoms with Gasteiger partial charge in [-0.2, -0.15) is 0 Å². The van der Waals surface area contributed by atoms with Crippen LogP contribution in [0.2, 0.25) is 0 Å². The molecule has 6 heteroatoms. The summed E-state index contributed by atoms with van der Waals surface area (Å²) >= 11 is 0. The SMILES string of the molecule is CC(C)CCS(=O)(=O)NCC(C)(C)N.Cl. The molecule has 0 aliphatic rings. The highest BCUT2D eigenvalue weighted by atomic mass is 35.5. The summed E-state index contributed by atoms with van der Waals surface area (Å²) in [5.74, 6) is 0.582. The van der Waals surface area contributed by atoms with Crippen molar-refractivity contribution < 1.29 is 8.42 Å². The molecule has 0 aromatic rings. The molecular weight excluding hydrogens is 236 g/mol. The molecule has 0 saturated heterocycles. The third-order valence-corrected chi connectivity index (χ3v) is 3.07. The van der Waals surface area contributed by atoms with E-state index in [-0.39, 0.29) is 24.7 Å². The van der Waals surface area contributed by atoms with E-state index in [2.05, 4.69) is 4.72 Å². The summed E-state index contributed by atoms with van der Waals surface area (Å²) in [4.78, 5) is 0. The molecule has 0 radical (unpaired) electrons. The van der Waals surface area contributed by atoms with Crippen LogP contribution >= 0.6 is 12.4 Å². The van der Waals surface area contributed by atoms with Gasteiger partial charge in [-0.1, -0.05) is 13.8 Å². The van der Waals surface area contributed by atoms with Crippen LogP contribution < -0.4 is 10.5 Å². The largest absolute Gasteiger partial charge is 0.324 e. The fourth-order valence-electron chi connectivity index (χ4n) is 0.759. The Hall–Kier alpha value is 0.160. The Morgan fingerprint density at radius 1 is 1.33 bits per heavy atom. The predicted molar refractivity (Wildman–Crippen MR) is 66.8 cm³/mol. The minimum Gasteiger partial charge on any atom is -0.324 e. The molecule has 0 amide bonds. The van der Waals surface area contributed by atoms with Crippen molar-refractivity contribution in [2.45, 2.75) is 39.7 Å². The smallest absolute Gasteiger partial charge is 0.211 e. The minimum atomic E-state index is -3.14. The van der Waals surface area contributed by atoms with Crippen molar-refractivity contribution in [1.29, 1.82) is 0 Å². The van der Waals surface area contributed by atoms with Gasteiger partial charge in [-0.25, -0.2) is 13.1 Å². The third-order valence-electron chi connectivity index (χ3n) is 1.71. The highest BCUT2D eigenvalue weighted by Crippen LogP contribution is 2.02. The van der Waals surface area contributed by atoms with Crippen molar-refractivity contribution in [2.24, 2.45) is 11.7 Å². The number of hydrogen-bond acceptors (Lipinski definition) is 3. The monoisotopic (exact) mass is 258 g/mol. The number of rotatable bonds is 6. The molecule has 0 saturated carbocycles. The van der Waals surface area contributed by atoms with Crippen LogP contribution in [0.1, 0.15) is 34.1 Å². The van der Waals surface area contributed by atoms with Crippen LogP contribution in [0, 0.1) is 5.92 Å². The zero-order chi connectivity index (χ0) is 11.4. The topological polar surface area (TPSA) is 72.2 Å². The summed E-state index contributed by atoms with van der Waals surface area (Å²) in [7, 11) is -3.14. The lowest BCUT2D eigenvalue weighted by molar-refractivity contribution is 0.495. The second-order valence-electron chi connectivity index (χ2n) is 4.81. The molecular formula is C9H23ClN2O2S. The second-order valence-corrected chi connectivity index (χ2v) is 6.74. The molecule has 0 unspecified atom stereocenters. The van der Waals surface area contributed by atoms with Gasteiger partial charge in [0.25, 0.3) is 0 Å². The molecule has 0 heterocycles. The quantitative estimate of drug-likeness (QED) is 0.750. The first-order chi connectivity index (χ1) is 6.12. The van der Waals surface area contributed by atoms with Gasteiger partial charge in [0.15, 0.2) is 0 Å². The van der Waals surface area contributed by atoms with Gasteiger partial charge in [0.05, 0.1) is 5.75 Å². The van der Waals surface area contributed by atoms with E-state index in [4.69, 9.17) is 5.73 Å².